The molecular formula is C17H22OS. The van der Waals surface area contributed by atoms with Crippen LogP contribution < -0.4 is 0 Å². The van der Waals surface area contributed by atoms with Crippen LogP contribution in [-0.4, -0.2) is 11.7 Å². The molecule has 0 radical (unpaired) electrons. The van der Waals surface area contributed by atoms with Crippen molar-refractivity contribution in [2.24, 2.45) is 0 Å². The number of hydrogen-bond donors (Lipinski definition) is 1. The van der Waals surface area contributed by atoms with Crippen molar-refractivity contribution in [1.82, 2.24) is 0 Å². The molecule has 0 spiro atoms. The van der Waals surface area contributed by atoms with Crippen molar-refractivity contribution in [1.29, 1.82) is 0 Å². The topological polar surface area (TPSA) is 20.2 Å². The van der Waals surface area contributed by atoms with Crippen molar-refractivity contribution >= 4 is 11.8 Å². The molecule has 0 atom stereocenters. The molecule has 0 unspecified atom stereocenters. The quantitative estimate of drug-likeness (QED) is 0.808. The first-order valence-corrected chi connectivity index (χ1v) is 7.74. The molecule has 2 heteroatoms. The lowest BCUT2D eigenvalue weighted by Gasteiger charge is -2.07. The number of aliphatic hydroxyl groups is 1. The van der Waals surface area contributed by atoms with Crippen LogP contribution >= 0.6 is 11.8 Å². The van der Waals surface area contributed by atoms with Crippen LogP contribution in [0.4, 0.5) is 0 Å². The second-order valence-electron chi connectivity index (χ2n) is 3.86. The number of thioether (sulfide) groups is 1. The number of hydrogen-bond acceptors (Lipinski definition) is 2. The first-order valence-electron chi connectivity index (χ1n) is 6.75. The summed E-state index contributed by atoms with van der Waals surface area (Å²) in [7, 11) is 0. The van der Waals surface area contributed by atoms with E-state index in [2.05, 4.69) is 36.4 Å². The summed E-state index contributed by atoms with van der Waals surface area (Å²) in [6.45, 7) is 4.21. The Morgan fingerprint density at radius 1 is 0.895 bits per heavy atom. The molecule has 0 heterocycles. The van der Waals surface area contributed by atoms with Crippen LogP contribution in [-0.2, 0) is 12.2 Å². The zero-order valence-corrected chi connectivity index (χ0v) is 12.5. The van der Waals surface area contributed by atoms with Gasteiger partial charge in [-0.2, -0.15) is 0 Å². The Morgan fingerprint density at radius 3 is 2.21 bits per heavy atom. The minimum absolute atomic E-state index is 0.211. The smallest absolute Gasteiger partial charge is 0.0471 e. The maximum atomic E-state index is 9.02. The van der Waals surface area contributed by atoms with Gasteiger partial charge < -0.3 is 5.11 Å². The Bertz CT molecular complexity index is 454. The molecule has 0 aliphatic heterocycles. The molecule has 19 heavy (non-hydrogen) atoms. The second-order valence-corrected chi connectivity index (χ2v) is 4.87. The summed E-state index contributed by atoms with van der Waals surface area (Å²) < 4.78 is 0. The van der Waals surface area contributed by atoms with Crippen molar-refractivity contribution in [2.45, 2.75) is 30.9 Å². The predicted molar refractivity (Wildman–Crippen MR) is 84.6 cm³/mol. The molecule has 2 rings (SSSR count). The largest absolute Gasteiger partial charge is 0.396 e. The SMILES string of the molecule is CC.OCCc1ccccc1SCc1ccccc1. The summed E-state index contributed by atoms with van der Waals surface area (Å²) in [6, 6.07) is 18.7. The molecule has 0 fully saturated rings. The summed E-state index contributed by atoms with van der Waals surface area (Å²) in [4.78, 5) is 1.27. The Hall–Kier alpha value is -1.25. The molecule has 0 bridgehead atoms. The molecule has 0 amide bonds. The zero-order valence-electron chi connectivity index (χ0n) is 11.7. The fraction of sp³-hybridized carbons (Fsp3) is 0.294. The monoisotopic (exact) mass is 274 g/mol. The molecule has 0 saturated heterocycles. The van der Waals surface area contributed by atoms with E-state index in [1.807, 2.05) is 43.8 Å². The van der Waals surface area contributed by atoms with Crippen LogP contribution in [0.1, 0.15) is 25.0 Å². The minimum atomic E-state index is 0.211. The van der Waals surface area contributed by atoms with Crippen molar-refractivity contribution in [3.63, 3.8) is 0 Å². The average Bonchev–Trinajstić information content (AvgIpc) is 2.50. The summed E-state index contributed by atoms with van der Waals surface area (Å²) >= 11 is 1.83. The van der Waals surface area contributed by atoms with Gasteiger partial charge in [-0.3, -0.25) is 0 Å². The predicted octanol–water partition coefficient (Wildman–Crippen LogP) is 4.54. The maximum absolute atomic E-state index is 9.02. The summed E-state index contributed by atoms with van der Waals surface area (Å²) in [5.74, 6) is 0.975. The van der Waals surface area contributed by atoms with E-state index in [1.54, 1.807) is 0 Å². The third-order valence-electron chi connectivity index (χ3n) is 2.59. The molecule has 1 N–H and O–H groups in total. The molecule has 102 valence electrons. The van der Waals surface area contributed by atoms with Gasteiger partial charge in [0.15, 0.2) is 0 Å². The lowest BCUT2D eigenvalue weighted by Crippen LogP contribution is -1.93. The maximum Gasteiger partial charge on any atom is 0.0471 e. The van der Waals surface area contributed by atoms with Gasteiger partial charge >= 0.3 is 0 Å². The van der Waals surface area contributed by atoms with Gasteiger partial charge in [-0.1, -0.05) is 62.4 Å². The fourth-order valence-electron chi connectivity index (χ4n) is 1.71. The molecule has 2 aromatic carbocycles. The van der Waals surface area contributed by atoms with Crippen LogP contribution in [0.3, 0.4) is 0 Å². The minimum Gasteiger partial charge on any atom is -0.396 e. The van der Waals surface area contributed by atoms with E-state index in [9.17, 15) is 0 Å². The van der Waals surface area contributed by atoms with Gasteiger partial charge in [-0.05, 0) is 23.6 Å². The van der Waals surface area contributed by atoms with Gasteiger partial charge in [-0.15, -0.1) is 11.8 Å². The molecular weight excluding hydrogens is 252 g/mol. The van der Waals surface area contributed by atoms with Gasteiger partial charge in [-0.25, -0.2) is 0 Å². The third kappa shape index (κ3) is 5.50. The van der Waals surface area contributed by atoms with E-state index in [0.717, 1.165) is 12.2 Å². The number of rotatable bonds is 5. The molecule has 0 aromatic heterocycles. The van der Waals surface area contributed by atoms with Crippen LogP contribution in [0.2, 0.25) is 0 Å². The highest BCUT2D eigenvalue weighted by atomic mass is 32.2. The average molecular weight is 274 g/mol. The third-order valence-corrected chi connectivity index (χ3v) is 3.78. The van der Waals surface area contributed by atoms with Gasteiger partial charge in [0, 0.05) is 17.3 Å². The van der Waals surface area contributed by atoms with E-state index in [1.165, 1.54) is 16.0 Å². The van der Waals surface area contributed by atoms with E-state index >= 15 is 0 Å². The zero-order chi connectivity index (χ0) is 13.9. The fourth-order valence-corrected chi connectivity index (χ4v) is 2.75. The number of aliphatic hydroxyl groups excluding tert-OH is 1. The Morgan fingerprint density at radius 2 is 1.53 bits per heavy atom. The van der Waals surface area contributed by atoms with Crippen molar-refractivity contribution in [3.05, 3.63) is 65.7 Å². The van der Waals surface area contributed by atoms with Crippen molar-refractivity contribution < 1.29 is 5.11 Å². The Balaban J connectivity index is 0.000000861. The van der Waals surface area contributed by atoms with Gasteiger partial charge in [0.1, 0.15) is 0 Å². The lowest BCUT2D eigenvalue weighted by molar-refractivity contribution is 0.299. The molecule has 0 aliphatic carbocycles. The number of benzene rings is 2. The molecule has 0 aliphatic rings. The standard InChI is InChI=1S/C15H16OS.C2H6/c16-11-10-14-8-4-5-9-15(14)17-12-13-6-2-1-3-7-13;1-2/h1-9,16H,10-12H2;1-2H3. The van der Waals surface area contributed by atoms with Gasteiger partial charge in [0.2, 0.25) is 0 Å². The molecule has 2 aromatic rings. The highest BCUT2D eigenvalue weighted by Gasteiger charge is 2.02. The Labute approximate surface area is 120 Å². The van der Waals surface area contributed by atoms with Gasteiger partial charge in [0.05, 0.1) is 0 Å². The van der Waals surface area contributed by atoms with E-state index in [4.69, 9.17) is 5.11 Å². The van der Waals surface area contributed by atoms with Crippen molar-refractivity contribution in [2.75, 3.05) is 6.61 Å². The van der Waals surface area contributed by atoms with Crippen molar-refractivity contribution in [3.8, 4) is 0 Å². The highest BCUT2D eigenvalue weighted by Crippen LogP contribution is 2.26. The van der Waals surface area contributed by atoms with Crippen LogP contribution in [0, 0.1) is 0 Å². The first-order chi connectivity index (χ1) is 9.40. The Kier molecular flexibility index (Phi) is 8.03. The van der Waals surface area contributed by atoms with E-state index < -0.39 is 0 Å². The summed E-state index contributed by atoms with van der Waals surface area (Å²) in [6.07, 6.45) is 0.734. The van der Waals surface area contributed by atoms with Gasteiger partial charge in [0.25, 0.3) is 0 Å². The van der Waals surface area contributed by atoms with Crippen LogP contribution in [0.15, 0.2) is 59.5 Å². The normalized spacial score (nSPS) is 9.63. The van der Waals surface area contributed by atoms with Crippen LogP contribution in [0.25, 0.3) is 0 Å². The van der Waals surface area contributed by atoms with Crippen LogP contribution in [0.5, 0.6) is 0 Å². The molecule has 1 nitrogen and oxygen atoms in total. The lowest BCUT2D eigenvalue weighted by atomic mass is 10.2. The van der Waals surface area contributed by atoms with E-state index in [0.29, 0.717) is 0 Å². The molecule has 0 saturated carbocycles. The second kappa shape index (κ2) is 9.65. The first kappa shape index (κ1) is 15.8. The summed E-state index contributed by atoms with van der Waals surface area (Å²) in [5, 5.41) is 9.02. The summed E-state index contributed by atoms with van der Waals surface area (Å²) in [5.41, 5.74) is 2.56. The van der Waals surface area contributed by atoms with E-state index in [-0.39, 0.29) is 6.61 Å². The highest BCUT2D eigenvalue weighted by molar-refractivity contribution is 7.98.